The van der Waals surface area contributed by atoms with E-state index in [1.54, 1.807) is 12.4 Å². The zero-order valence-electron chi connectivity index (χ0n) is 26.7. The van der Waals surface area contributed by atoms with Gasteiger partial charge in [-0.25, -0.2) is 9.97 Å². The van der Waals surface area contributed by atoms with Crippen LogP contribution in [0.3, 0.4) is 0 Å². The van der Waals surface area contributed by atoms with Gasteiger partial charge < -0.3 is 4.57 Å². The van der Waals surface area contributed by atoms with Gasteiger partial charge in [0.15, 0.2) is 0 Å². The van der Waals surface area contributed by atoms with Crippen molar-refractivity contribution in [2.75, 3.05) is 0 Å². The molecule has 0 unspecified atom stereocenters. The largest absolute Gasteiger partial charge is 0.308 e. The van der Waals surface area contributed by atoms with Gasteiger partial charge >= 0.3 is 0 Å². The molecule has 0 aliphatic carbocycles. The summed E-state index contributed by atoms with van der Waals surface area (Å²) in [6, 6.07) is 49.0. The van der Waals surface area contributed by atoms with Gasteiger partial charge in [0.2, 0.25) is 0 Å². The SMILES string of the molecule is c1ccc(-c2ccc3c(n2)c2c4sc5ccccc5c4ccc2n3-c2ccc(-c3cc(-c4cccnc4)cc(-c4cccnc4)n3)cc2)cc1. The smallest absolute Gasteiger partial charge is 0.0985 e. The van der Waals surface area contributed by atoms with E-state index in [1.165, 1.54) is 25.6 Å². The number of aromatic nitrogens is 5. The first-order chi connectivity index (χ1) is 24.8. The Morgan fingerprint density at radius 2 is 1.14 bits per heavy atom. The van der Waals surface area contributed by atoms with Crippen LogP contribution in [0.1, 0.15) is 0 Å². The van der Waals surface area contributed by atoms with Crippen LogP contribution in [-0.2, 0) is 0 Å². The molecule has 10 rings (SSSR count). The molecule has 5 nitrogen and oxygen atoms in total. The van der Waals surface area contributed by atoms with Crippen molar-refractivity contribution in [2.24, 2.45) is 0 Å². The van der Waals surface area contributed by atoms with E-state index in [0.29, 0.717) is 0 Å². The first kappa shape index (κ1) is 28.5. The average Bonchev–Trinajstić information content (AvgIpc) is 3.74. The highest BCUT2D eigenvalue weighted by molar-refractivity contribution is 7.26. The van der Waals surface area contributed by atoms with Crippen molar-refractivity contribution in [3.05, 3.63) is 164 Å². The number of pyridine rings is 4. The summed E-state index contributed by atoms with van der Waals surface area (Å²) >= 11 is 1.84. The highest BCUT2D eigenvalue weighted by Crippen LogP contribution is 2.43. The van der Waals surface area contributed by atoms with Crippen molar-refractivity contribution in [3.8, 4) is 50.6 Å². The van der Waals surface area contributed by atoms with E-state index in [2.05, 4.69) is 130 Å². The summed E-state index contributed by atoms with van der Waals surface area (Å²) in [6.07, 6.45) is 7.33. The first-order valence-corrected chi connectivity index (χ1v) is 17.3. The number of benzene rings is 4. The molecular formula is C44H27N5S. The molecule has 0 aliphatic rings. The second-order valence-corrected chi connectivity index (χ2v) is 13.4. The summed E-state index contributed by atoms with van der Waals surface area (Å²) in [4.78, 5) is 19.2. The van der Waals surface area contributed by atoms with Crippen molar-refractivity contribution in [2.45, 2.75) is 0 Å². The van der Waals surface area contributed by atoms with Crippen molar-refractivity contribution in [3.63, 3.8) is 0 Å². The van der Waals surface area contributed by atoms with Gasteiger partial charge in [0.25, 0.3) is 0 Å². The Kier molecular flexibility index (Phi) is 6.60. The molecule has 0 bridgehead atoms. The minimum Gasteiger partial charge on any atom is -0.308 e. The quantitative estimate of drug-likeness (QED) is 0.185. The molecule has 234 valence electrons. The van der Waals surface area contributed by atoms with Gasteiger partial charge in [-0.3, -0.25) is 9.97 Å². The van der Waals surface area contributed by atoms with Gasteiger partial charge in [-0.15, -0.1) is 11.3 Å². The second kappa shape index (κ2) is 11.6. The molecule has 0 amide bonds. The number of hydrogen-bond donors (Lipinski definition) is 0. The molecule has 0 radical (unpaired) electrons. The number of rotatable bonds is 5. The third-order valence-electron chi connectivity index (χ3n) is 9.39. The lowest BCUT2D eigenvalue weighted by Gasteiger charge is -2.12. The molecule has 4 aromatic carbocycles. The fourth-order valence-corrected chi connectivity index (χ4v) is 8.26. The third-order valence-corrected chi connectivity index (χ3v) is 10.6. The van der Waals surface area contributed by atoms with E-state index in [0.717, 1.165) is 67.1 Å². The van der Waals surface area contributed by atoms with Gasteiger partial charge in [-0.1, -0.05) is 72.8 Å². The minimum atomic E-state index is 0.869. The van der Waals surface area contributed by atoms with Gasteiger partial charge in [-0.05, 0) is 72.3 Å². The molecule has 0 saturated carbocycles. The Hall–Kier alpha value is -6.50. The topological polar surface area (TPSA) is 56.5 Å². The third kappa shape index (κ3) is 4.69. The van der Waals surface area contributed by atoms with Crippen molar-refractivity contribution < 1.29 is 0 Å². The normalized spacial score (nSPS) is 11.6. The van der Waals surface area contributed by atoms with Gasteiger partial charge in [-0.2, -0.15) is 0 Å². The summed E-state index contributed by atoms with van der Waals surface area (Å²) in [5.41, 5.74) is 12.2. The van der Waals surface area contributed by atoms with Crippen molar-refractivity contribution >= 4 is 53.4 Å². The standard InChI is InChI=1S/C44H27N5S/c1-2-8-28(9-3-1)36-19-21-40-43(48-36)42-39(20-18-35-34-12-4-5-13-41(34)50-44(35)42)49(40)33-16-14-29(15-17-33)37-24-32(30-10-6-22-45-26-30)25-38(47-37)31-11-7-23-46-27-31/h1-27H. The van der Waals surface area contributed by atoms with Crippen LogP contribution < -0.4 is 0 Å². The Balaban J connectivity index is 1.16. The summed E-state index contributed by atoms with van der Waals surface area (Å²) in [6.45, 7) is 0. The molecule has 6 heterocycles. The number of nitrogens with zero attached hydrogens (tertiary/aromatic N) is 5. The fraction of sp³-hybridized carbons (Fsp3) is 0. The summed E-state index contributed by atoms with van der Waals surface area (Å²) in [7, 11) is 0. The lowest BCUT2D eigenvalue weighted by atomic mass is 10.0. The van der Waals surface area contributed by atoms with Crippen LogP contribution in [-0.4, -0.2) is 24.5 Å². The Morgan fingerprint density at radius 3 is 1.92 bits per heavy atom. The average molecular weight is 658 g/mol. The van der Waals surface area contributed by atoms with Crippen LogP contribution >= 0.6 is 11.3 Å². The molecule has 0 spiro atoms. The lowest BCUT2D eigenvalue weighted by molar-refractivity contribution is 1.17. The predicted octanol–water partition coefficient (Wildman–Crippen LogP) is 11.4. The molecule has 10 aromatic rings. The second-order valence-electron chi connectivity index (χ2n) is 12.4. The van der Waals surface area contributed by atoms with Gasteiger partial charge in [0, 0.05) is 78.3 Å². The van der Waals surface area contributed by atoms with E-state index < -0.39 is 0 Å². The van der Waals surface area contributed by atoms with Crippen molar-refractivity contribution in [1.82, 2.24) is 24.5 Å². The molecule has 0 saturated heterocycles. The van der Waals surface area contributed by atoms with Crippen LogP contribution in [0.5, 0.6) is 0 Å². The van der Waals surface area contributed by atoms with Crippen LogP contribution in [0.25, 0.3) is 92.7 Å². The van der Waals surface area contributed by atoms with Crippen LogP contribution in [0.15, 0.2) is 164 Å². The maximum atomic E-state index is 5.35. The molecule has 0 aliphatic heterocycles. The maximum absolute atomic E-state index is 5.35. The van der Waals surface area contributed by atoms with Crippen molar-refractivity contribution in [1.29, 1.82) is 0 Å². The highest BCUT2D eigenvalue weighted by Gasteiger charge is 2.20. The molecule has 0 N–H and O–H groups in total. The summed E-state index contributed by atoms with van der Waals surface area (Å²) < 4.78 is 4.90. The predicted molar refractivity (Wildman–Crippen MR) is 207 cm³/mol. The van der Waals surface area contributed by atoms with Gasteiger partial charge in [0.1, 0.15) is 0 Å². The van der Waals surface area contributed by atoms with E-state index in [-0.39, 0.29) is 0 Å². The monoisotopic (exact) mass is 657 g/mol. The first-order valence-electron chi connectivity index (χ1n) is 16.5. The number of hydrogen-bond acceptors (Lipinski definition) is 5. The molecule has 6 aromatic heterocycles. The molecule has 6 heteroatoms. The zero-order chi connectivity index (χ0) is 33.0. The van der Waals surface area contributed by atoms with Gasteiger partial charge in [0.05, 0.1) is 33.6 Å². The van der Waals surface area contributed by atoms with E-state index in [9.17, 15) is 0 Å². The van der Waals surface area contributed by atoms with Crippen LogP contribution in [0.4, 0.5) is 0 Å². The van der Waals surface area contributed by atoms with Crippen LogP contribution in [0, 0.1) is 0 Å². The van der Waals surface area contributed by atoms with E-state index in [4.69, 9.17) is 9.97 Å². The fourth-order valence-electron chi connectivity index (χ4n) is 7.01. The maximum Gasteiger partial charge on any atom is 0.0985 e. The zero-order valence-corrected chi connectivity index (χ0v) is 27.5. The Morgan fingerprint density at radius 1 is 0.460 bits per heavy atom. The Labute approximate surface area is 291 Å². The molecular weight excluding hydrogens is 631 g/mol. The van der Waals surface area contributed by atoms with Crippen LogP contribution in [0.2, 0.25) is 0 Å². The molecule has 0 atom stereocenters. The molecule has 0 fully saturated rings. The lowest BCUT2D eigenvalue weighted by Crippen LogP contribution is -1.95. The minimum absolute atomic E-state index is 0.869. The summed E-state index contributed by atoms with van der Waals surface area (Å²) in [5, 5.41) is 3.74. The number of thiophene rings is 1. The molecule has 50 heavy (non-hydrogen) atoms. The Bertz CT molecular complexity index is 2780. The van der Waals surface area contributed by atoms with E-state index in [1.807, 2.05) is 48.0 Å². The highest BCUT2D eigenvalue weighted by atomic mass is 32.1. The number of fused-ring (bicyclic) bond motifs is 7. The van der Waals surface area contributed by atoms with E-state index >= 15 is 0 Å². The summed E-state index contributed by atoms with van der Waals surface area (Å²) in [5.74, 6) is 0.